The second-order valence-corrected chi connectivity index (χ2v) is 8.16. The van der Waals surface area contributed by atoms with Gasteiger partial charge in [0.15, 0.2) is 11.6 Å². The number of hydrogen-bond donors (Lipinski definition) is 0. The lowest BCUT2D eigenvalue weighted by Gasteiger charge is -2.30. The van der Waals surface area contributed by atoms with Gasteiger partial charge in [0.2, 0.25) is 0 Å². The highest BCUT2D eigenvalue weighted by molar-refractivity contribution is 5.95. The third-order valence-corrected chi connectivity index (χ3v) is 5.90. The summed E-state index contributed by atoms with van der Waals surface area (Å²) >= 11 is 0. The Labute approximate surface area is 168 Å². The van der Waals surface area contributed by atoms with Gasteiger partial charge in [0.1, 0.15) is 0 Å². The third-order valence-electron chi connectivity index (χ3n) is 5.90. The predicted molar refractivity (Wildman–Crippen MR) is 106 cm³/mol. The van der Waals surface area contributed by atoms with Crippen molar-refractivity contribution in [1.82, 2.24) is 29.8 Å². The van der Waals surface area contributed by atoms with Crippen LogP contribution in [-0.2, 0) is 0 Å². The summed E-state index contributed by atoms with van der Waals surface area (Å²) in [6, 6.07) is 3.70. The molecule has 1 saturated carbocycles. The Bertz CT molecular complexity index is 1040. The summed E-state index contributed by atoms with van der Waals surface area (Å²) in [5, 5.41) is 8.51. The molecule has 3 aromatic heterocycles. The molecule has 1 saturated heterocycles. The van der Waals surface area contributed by atoms with E-state index in [2.05, 4.69) is 27.1 Å². The van der Waals surface area contributed by atoms with Crippen molar-refractivity contribution in [3.05, 3.63) is 41.6 Å². The lowest BCUT2D eigenvalue weighted by molar-refractivity contribution is 0.0696. The fourth-order valence-corrected chi connectivity index (χ4v) is 3.76. The number of pyridine rings is 1. The maximum Gasteiger partial charge on any atom is 0.258 e. The average Bonchev–Trinajstić information content (AvgIpc) is 3.34. The Kier molecular flexibility index (Phi) is 4.41. The molecule has 0 unspecified atom stereocenters. The highest BCUT2D eigenvalue weighted by Crippen LogP contribution is 2.38. The van der Waals surface area contributed by atoms with E-state index >= 15 is 0 Å². The first kappa shape index (κ1) is 18.0. The molecule has 1 aliphatic heterocycles. The fourth-order valence-electron chi connectivity index (χ4n) is 3.76. The van der Waals surface area contributed by atoms with E-state index in [1.165, 1.54) is 0 Å². The van der Waals surface area contributed by atoms with Crippen LogP contribution in [-0.4, -0.2) is 48.8 Å². The first-order valence-corrected chi connectivity index (χ1v) is 10.2. The summed E-state index contributed by atoms with van der Waals surface area (Å²) in [6.45, 7) is 5.75. The standard InChI is InChI=1S/C21H24N6O2/c1-13-6-9-26(10-7-13)21(28)17-12-23-27(14(17)2)18-11-16(5-8-22-18)20-24-19(25-29-20)15-3-4-15/h5,8,11-13,15H,3-4,6-7,9-10H2,1-2H3. The first-order chi connectivity index (χ1) is 14.1. The zero-order valence-electron chi connectivity index (χ0n) is 16.7. The molecule has 3 aromatic rings. The highest BCUT2D eigenvalue weighted by atomic mass is 16.5. The van der Waals surface area contributed by atoms with Gasteiger partial charge in [0.05, 0.1) is 17.5 Å². The van der Waals surface area contributed by atoms with Crippen molar-refractivity contribution >= 4 is 5.91 Å². The Morgan fingerprint density at radius 1 is 1.21 bits per heavy atom. The minimum Gasteiger partial charge on any atom is -0.339 e. The molecule has 0 atom stereocenters. The number of likely N-dealkylation sites (tertiary alicyclic amines) is 1. The van der Waals surface area contributed by atoms with Gasteiger partial charge in [0.25, 0.3) is 11.8 Å². The molecular formula is C21H24N6O2. The van der Waals surface area contributed by atoms with Crippen molar-refractivity contribution in [2.24, 2.45) is 5.92 Å². The van der Waals surface area contributed by atoms with Crippen molar-refractivity contribution in [2.75, 3.05) is 13.1 Å². The molecule has 0 radical (unpaired) electrons. The van der Waals surface area contributed by atoms with Crippen molar-refractivity contribution in [2.45, 2.75) is 45.4 Å². The van der Waals surface area contributed by atoms with Gasteiger partial charge in [-0.25, -0.2) is 9.67 Å². The second-order valence-electron chi connectivity index (χ2n) is 8.16. The number of amides is 1. The largest absolute Gasteiger partial charge is 0.339 e. The van der Waals surface area contributed by atoms with Gasteiger partial charge >= 0.3 is 0 Å². The van der Waals surface area contributed by atoms with Gasteiger partial charge in [-0.05, 0) is 50.7 Å². The van der Waals surface area contributed by atoms with E-state index in [0.29, 0.717) is 29.1 Å². The summed E-state index contributed by atoms with van der Waals surface area (Å²) < 4.78 is 7.12. The SMILES string of the molecule is Cc1c(C(=O)N2CCC(C)CC2)cnn1-c1cc(-c2nc(C3CC3)no2)ccn1. The van der Waals surface area contributed by atoms with E-state index in [0.717, 1.165) is 55.9 Å². The smallest absolute Gasteiger partial charge is 0.258 e. The zero-order chi connectivity index (χ0) is 20.0. The van der Waals surface area contributed by atoms with Crippen molar-refractivity contribution < 1.29 is 9.32 Å². The van der Waals surface area contributed by atoms with Crippen LogP contribution in [0.15, 0.2) is 29.0 Å². The molecule has 1 aliphatic carbocycles. The summed E-state index contributed by atoms with van der Waals surface area (Å²) in [5.74, 6) is 3.05. The number of nitrogens with zero attached hydrogens (tertiary/aromatic N) is 6. The topological polar surface area (TPSA) is 89.9 Å². The molecule has 2 aliphatic rings. The van der Waals surface area contributed by atoms with E-state index in [4.69, 9.17) is 4.52 Å². The normalized spacial score (nSPS) is 17.7. The molecule has 0 bridgehead atoms. The maximum atomic E-state index is 13.0. The molecule has 8 nitrogen and oxygen atoms in total. The van der Waals surface area contributed by atoms with Crippen LogP contribution < -0.4 is 0 Å². The summed E-state index contributed by atoms with van der Waals surface area (Å²) in [4.78, 5) is 23.8. The van der Waals surface area contributed by atoms with Gasteiger partial charge in [-0.15, -0.1) is 0 Å². The minimum atomic E-state index is 0.0442. The monoisotopic (exact) mass is 392 g/mol. The molecule has 5 rings (SSSR count). The molecule has 2 fully saturated rings. The predicted octanol–water partition coefficient (Wildman–Crippen LogP) is 3.38. The summed E-state index contributed by atoms with van der Waals surface area (Å²) in [6.07, 6.45) is 7.69. The Morgan fingerprint density at radius 3 is 2.76 bits per heavy atom. The number of piperidine rings is 1. The van der Waals surface area contributed by atoms with E-state index in [1.54, 1.807) is 17.1 Å². The van der Waals surface area contributed by atoms with Crippen molar-refractivity contribution in [1.29, 1.82) is 0 Å². The van der Waals surface area contributed by atoms with E-state index in [1.807, 2.05) is 24.0 Å². The number of aromatic nitrogens is 5. The molecule has 8 heteroatoms. The Morgan fingerprint density at radius 2 is 2.00 bits per heavy atom. The Balaban J connectivity index is 1.40. The number of carbonyl (C=O) groups is 1. The van der Waals surface area contributed by atoms with Crippen LogP contribution in [0.2, 0.25) is 0 Å². The fraction of sp³-hybridized carbons (Fsp3) is 0.476. The minimum absolute atomic E-state index is 0.0442. The first-order valence-electron chi connectivity index (χ1n) is 10.2. The summed E-state index contributed by atoms with van der Waals surface area (Å²) in [5.41, 5.74) is 2.20. The van der Waals surface area contributed by atoms with Crippen LogP contribution in [0, 0.1) is 12.8 Å². The van der Waals surface area contributed by atoms with E-state index in [9.17, 15) is 4.79 Å². The van der Waals surface area contributed by atoms with Gasteiger partial charge in [-0.3, -0.25) is 4.79 Å². The number of rotatable bonds is 4. The van der Waals surface area contributed by atoms with Crippen LogP contribution in [0.1, 0.15) is 60.4 Å². The van der Waals surface area contributed by atoms with Crippen LogP contribution in [0.5, 0.6) is 0 Å². The highest BCUT2D eigenvalue weighted by Gasteiger charge is 2.29. The van der Waals surface area contributed by atoms with Gasteiger partial charge in [-0.2, -0.15) is 10.1 Å². The number of hydrogen-bond acceptors (Lipinski definition) is 6. The van der Waals surface area contributed by atoms with Crippen LogP contribution in [0.4, 0.5) is 0 Å². The van der Waals surface area contributed by atoms with E-state index < -0.39 is 0 Å². The molecule has 4 heterocycles. The lowest BCUT2D eigenvalue weighted by atomic mass is 9.99. The zero-order valence-corrected chi connectivity index (χ0v) is 16.7. The van der Waals surface area contributed by atoms with Crippen LogP contribution in [0.25, 0.3) is 17.3 Å². The second kappa shape index (κ2) is 7.09. The molecule has 150 valence electrons. The van der Waals surface area contributed by atoms with Crippen molar-refractivity contribution in [3.8, 4) is 17.3 Å². The molecule has 1 amide bonds. The molecule has 0 N–H and O–H groups in total. The van der Waals surface area contributed by atoms with Gasteiger partial charge in [0, 0.05) is 30.8 Å². The van der Waals surface area contributed by atoms with Crippen LogP contribution >= 0.6 is 0 Å². The van der Waals surface area contributed by atoms with Crippen LogP contribution in [0.3, 0.4) is 0 Å². The maximum absolute atomic E-state index is 13.0. The quantitative estimate of drug-likeness (QED) is 0.676. The van der Waals surface area contributed by atoms with Crippen molar-refractivity contribution in [3.63, 3.8) is 0 Å². The lowest BCUT2D eigenvalue weighted by Crippen LogP contribution is -2.38. The number of carbonyl (C=O) groups excluding carboxylic acids is 1. The Hall–Kier alpha value is -3.03. The molecule has 0 spiro atoms. The average molecular weight is 392 g/mol. The summed E-state index contributed by atoms with van der Waals surface area (Å²) in [7, 11) is 0. The molecule has 0 aromatic carbocycles. The van der Waals surface area contributed by atoms with Gasteiger partial charge in [-0.1, -0.05) is 12.1 Å². The third kappa shape index (κ3) is 3.43. The molecular weight excluding hydrogens is 368 g/mol. The van der Waals surface area contributed by atoms with E-state index in [-0.39, 0.29) is 5.91 Å². The molecule has 29 heavy (non-hydrogen) atoms. The van der Waals surface area contributed by atoms with Gasteiger partial charge < -0.3 is 9.42 Å².